The standard InChI is InChI=1S/C22H21IN2O4/c1-3-15-5-8-18(9-6-15)25-22(27)17(13-24)11-16-7-10-20(19(23)12-16)29-14-21(26)28-4-2/h5-12H,3-4,14H2,1-2H3,(H,25,27)/b17-11+. The summed E-state index contributed by atoms with van der Waals surface area (Å²) in [5.41, 5.74) is 2.45. The minimum Gasteiger partial charge on any atom is -0.481 e. The van der Waals surface area contributed by atoms with Crippen molar-refractivity contribution in [2.24, 2.45) is 0 Å². The number of carbonyl (C=O) groups excluding carboxylic acids is 2. The summed E-state index contributed by atoms with van der Waals surface area (Å²) in [5, 5.41) is 12.1. The Morgan fingerprint density at radius 2 is 1.90 bits per heavy atom. The van der Waals surface area contributed by atoms with Crippen molar-refractivity contribution in [1.29, 1.82) is 5.26 Å². The molecule has 2 aromatic rings. The van der Waals surface area contributed by atoms with Crippen molar-refractivity contribution in [3.05, 3.63) is 62.7 Å². The van der Waals surface area contributed by atoms with E-state index in [0.717, 1.165) is 9.99 Å². The summed E-state index contributed by atoms with van der Waals surface area (Å²) in [5.74, 6) is -0.396. The number of halogens is 1. The number of anilines is 1. The van der Waals surface area contributed by atoms with E-state index >= 15 is 0 Å². The van der Waals surface area contributed by atoms with E-state index in [1.54, 1.807) is 25.1 Å². The summed E-state index contributed by atoms with van der Waals surface area (Å²) < 4.78 is 11.0. The number of aryl methyl sites for hydroxylation is 1. The summed E-state index contributed by atoms with van der Waals surface area (Å²) in [6.45, 7) is 3.90. The van der Waals surface area contributed by atoms with Gasteiger partial charge < -0.3 is 14.8 Å². The molecule has 0 saturated heterocycles. The molecule has 0 unspecified atom stereocenters. The lowest BCUT2D eigenvalue weighted by Crippen LogP contribution is -2.15. The highest BCUT2D eigenvalue weighted by atomic mass is 127. The van der Waals surface area contributed by atoms with Crippen molar-refractivity contribution in [1.82, 2.24) is 0 Å². The van der Waals surface area contributed by atoms with Crippen LogP contribution in [0.1, 0.15) is 25.0 Å². The summed E-state index contributed by atoms with van der Waals surface area (Å²) in [7, 11) is 0. The Morgan fingerprint density at radius 3 is 2.48 bits per heavy atom. The Balaban J connectivity index is 2.09. The second kappa shape index (κ2) is 11.2. The fourth-order valence-electron chi connectivity index (χ4n) is 2.40. The third-order valence-corrected chi connectivity index (χ3v) is 4.75. The summed E-state index contributed by atoms with van der Waals surface area (Å²) in [6.07, 6.45) is 2.42. The maximum atomic E-state index is 12.4. The lowest BCUT2D eigenvalue weighted by atomic mass is 10.1. The first-order valence-corrected chi connectivity index (χ1v) is 10.1. The highest BCUT2D eigenvalue weighted by molar-refractivity contribution is 14.1. The van der Waals surface area contributed by atoms with Crippen LogP contribution in [-0.2, 0) is 20.7 Å². The van der Waals surface area contributed by atoms with Gasteiger partial charge in [0.05, 0.1) is 10.2 Å². The first-order chi connectivity index (χ1) is 14.0. The van der Waals surface area contributed by atoms with Gasteiger partial charge in [-0.05, 0) is 77.4 Å². The molecule has 0 fully saturated rings. The van der Waals surface area contributed by atoms with Crippen molar-refractivity contribution in [3.8, 4) is 11.8 Å². The Morgan fingerprint density at radius 1 is 1.17 bits per heavy atom. The molecule has 1 N–H and O–H groups in total. The molecule has 0 aliphatic carbocycles. The molecule has 0 spiro atoms. The van der Waals surface area contributed by atoms with Crippen LogP contribution in [0.5, 0.6) is 5.75 Å². The summed E-state index contributed by atoms with van der Waals surface area (Å²) >= 11 is 2.07. The van der Waals surface area contributed by atoms with Gasteiger partial charge in [0.15, 0.2) is 6.61 Å². The number of ether oxygens (including phenoxy) is 2. The Bertz CT molecular complexity index is 946. The molecule has 150 valence electrons. The maximum Gasteiger partial charge on any atom is 0.344 e. The molecule has 29 heavy (non-hydrogen) atoms. The summed E-state index contributed by atoms with van der Waals surface area (Å²) in [6, 6.07) is 14.6. The topological polar surface area (TPSA) is 88.4 Å². The van der Waals surface area contributed by atoms with Gasteiger partial charge >= 0.3 is 5.97 Å². The largest absolute Gasteiger partial charge is 0.481 e. The van der Waals surface area contributed by atoms with Crippen molar-refractivity contribution in [2.75, 3.05) is 18.5 Å². The monoisotopic (exact) mass is 504 g/mol. The molecule has 7 heteroatoms. The van der Waals surface area contributed by atoms with Crippen molar-refractivity contribution in [3.63, 3.8) is 0 Å². The second-order valence-corrected chi connectivity index (χ2v) is 7.12. The fourth-order valence-corrected chi connectivity index (χ4v) is 3.10. The highest BCUT2D eigenvalue weighted by Crippen LogP contribution is 2.23. The molecule has 2 aromatic carbocycles. The Labute approximate surface area is 183 Å². The smallest absolute Gasteiger partial charge is 0.344 e. The molecule has 0 aliphatic heterocycles. The van der Waals surface area contributed by atoms with Gasteiger partial charge in [0, 0.05) is 5.69 Å². The van der Waals surface area contributed by atoms with E-state index in [4.69, 9.17) is 9.47 Å². The molecule has 0 saturated carbocycles. The Kier molecular flexibility index (Phi) is 8.68. The molecule has 0 aromatic heterocycles. The highest BCUT2D eigenvalue weighted by Gasteiger charge is 2.11. The molecular formula is C22H21IN2O4. The molecule has 0 aliphatic rings. The van der Waals surface area contributed by atoms with E-state index in [-0.39, 0.29) is 12.2 Å². The van der Waals surface area contributed by atoms with E-state index < -0.39 is 11.9 Å². The number of nitrogens with one attached hydrogen (secondary N) is 1. The summed E-state index contributed by atoms with van der Waals surface area (Å²) in [4.78, 5) is 23.8. The van der Waals surface area contributed by atoms with E-state index in [9.17, 15) is 14.9 Å². The minimum atomic E-state index is -0.477. The van der Waals surface area contributed by atoms with Crippen LogP contribution in [0.15, 0.2) is 48.0 Å². The molecule has 0 atom stereocenters. The zero-order valence-electron chi connectivity index (χ0n) is 16.2. The molecular weight excluding hydrogens is 483 g/mol. The number of nitriles is 1. The van der Waals surface area contributed by atoms with Crippen LogP contribution in [0.25, 0.3) is 6.08 Å². The van der Waals surface area contributed by atoms with Crippen molar-refractivity contribution in [2.45, 2.75) is 20.3 Å². The fraction of sp³-hybridized carbons (Fsp3) is 0.227. The van der Waals surface area contributed by atoms with Crippen LogP contribution in [0.2, 0.25) is 0 Å². The minimum absolute atomic E-state index is 0.0134. The van der Waals surface area contributed by atoms with Crippen LogP contribution >= 0.6 is 22.6 Å². The van der Waals surface area contributed by atoms with E-state index in [0.29, 0.717) is 23.6 Å². The lowest BCUT2D eigenvalue weighted by Gasteiger charge is -2.09. The second-order valence-electron chi connectivity index (χ2n) is 5.96. The number of benzene rings is 2. The predicted octanol–water partition coefficient (Wildman–Crippen LogP) is 4.34. The average Bonchev–Trinajstić information content (AvgIpc) is 2.72. The SMILES string of the molecule is CCOC(=O)COc1ccc(/C=C(\C#N)C(=O)Nc2ccc(CC)cc2)cc1I. The number of amides is 1. The first-order valence-electron chi connectivity index (χ1n) is 9.06. The number of hydrogen-bond donors (Lipinski definition) is 1. The average molecular weight is 504 g/mol. The van der Waals surface area contributed by atoms with Gasteiger partial charge in [-0.3, -0.25) is 4.79 Å². The number of hydrogen-bond acceptors (Lipinski definition) is 5. The third-order valence-electron chi connectivity index (χ3n) is 3.90. The van der Waals surface area contributed by atoms with E-state index in [1.807, 2.05) is 30.3 Å². The zero-order chi connectivity index (χ0) is 21.2. The third kappa shape index (κ3) is 6.91. The van der Waals surface area contributed by atoms with Gasteiger partial charge in [-0.2, -0.15) is 5.26 Å². The van der Waals surface area contributed by atoms with Crippen LogP contribution in [-0.4, -0.2) is 25.1 Å². The van der Waals surface area contributed by atoms with E-state index in [2.05, 4.69) is 34.8 Å². The van der Waals surface area contributed by atoms with Crippen LogP contribution in [0, 0.1) is 14.9 Å². The molecule has 0 heterocycles. The van der Waals surface area contributed by atoms with Gasteiger partial charge in [-0.15, -0.1) is 0 Å². The van der Waals surface area contributed by atoms with Gasteiger partial charge in [0.1, 0.15) is 17.4 Å². The molecule has 0 radical (unpaired) electrons. The molecule has 0 bridgehead atoms. The lowest BCUT2D eigenvalue weighted by molar-refractivity contribution is -0.145. The molecule has 6 nitrogen and oxygen atoms in total. The van der Waals surface area contributed by atoms with Crippen LogP contribution in [0.4, 0.5) is 5.69 Å². The van der Waals surface area contributed by atoms with Crippen molar-refractivity contribution >= 4 is 46.2 Å². The quantitative estimate of drug-likeness (QED) is 0.250. The van der Waals surface area contributed by atoms with Crippen LogP contribution in [0.3, 0.4) is 0 Å². The van der Waals surface area contributed by atoms with Gasteiger partial charge in [0.2, 0.25) is 0 Å². The molecule has 1 amide bonds. The normalized spacial score (nSPS) is 10.8. The first kappa shape index (κ1) is 22.4. The number of esters is 1. The van der Waals surface area contributed by atoms with Gasteiger partial charge in [-0.1, -0.05) is 25.1 Å². The number of carbonyl (C=O) groups is 2. The van der Waals surface area contributed by atoms with E-state index in [1.165, 1.54) is 11.6 Å². The number of nitrogens with zero attached hydrogens (tertiary/aromatic N) is 1. The van der Waals surface area contributed by atoms with Crippen LogP contribution < -0.4 is 10.1 Å². The predicted molar refractivity (Wildman–Crippen MR) is 119 cm³/mol. The van der Waals surface area contributed by atoms with Gasteiger partial charge in [0.25, 0.3) is 5.91 Å². The maximum absolute atomic E-state index is 12.4. The van der Waals surface area contributed by atoms with Gasteiger partial charge in [-0.25, -0.2) is 4.79 Å². The molecule has 2 rings (SSSR count). The number of rotatable bonds is 8. The zero-order valence-corrected chi connectivity index (χ0v) is 18.4. The van der Waals surface area contributed by atoms with Crippen molar-refractivity contribution < 1.29 is 19.1 Å². The Hall–Kier alpha value is -2.86.